The Hall–Kier alpha value is -2.72. The number of esters is 4. The van der Waals surface area contributed by atoms with Crippen LogP contribution >= 0.6 is 0 Å². The highest BCUT2D eigenvalue weighted by Gasteiger charge is 2.58. The van der Waals surface area contributed by atoms with Gasteiger partial charge in [-0.3, -0.25) is 9.59 Å². The van der Waals surface area contributed by atoms with Gasteiger partial charge in [0, 0.05) is 31.8 Å². The van der Waals surface area contributed by atoms with Crippen molar-refractivity contribution in [1.29, 1.82) is 0 Å². The molecule has 3 aliphatic heterocycles. The number of aliphatic hydroxyl groups is 1. The molecule has 0 saturated carbocycles. The van der Waals surface area contributed by atoms with Crippen molar-refractivity contribution in [3.05, 3.63) is 23.8 Å². The van der Waals surface area contributed by atoms with E-state index in [1.807, 2.05) is 6.92 Å². The van der Waals surface area contributed by atoms with E-state index >= 15 is 0 Å². The molecule has 3 heterocycles. The van der Waals surface area contributed by atoms with Crippen molar-refractivity contribution >= 4 is 23.9 Å². The second-order valence-corrected chi connectivity index (χ2v) is 9.27. The number of ether oxygens (including phenoxy) is 5. The molecule has 0 aromatic rings. The molecule has 1 N–H and O–H groups in total. The molecular formula is C24H32O10. The first-order valence-electron chi connectivity index (χ1n) is 11.3. The molecule has 3 rings (SSSR count). The lowest BCUT2D eigenvalue weighted by atomic mass is 9.78. The van der Waals surface area contributed by atoms with Crippen molar-refractivity contribution in [2.45, 2.75) is 77.0 Å². The molecule has 0 spiro atoms. The molecule has 10 heteroatoms. The molecule has 0 aromatic carbocycles. The maximum Gasteiger partial charge on any atom is 0.337 e. The van der Waals surface area contributed by atoms with Crippen molar-refractivity contribution in [1.82, 2.24) is 0 Å². The van der Waals surface area contributed by atoms with Crippen molar-refractivity contribution < 1.29 is 48.0 Å². The summed E-state index contributed by atoms with van der Waals surface area (Å²) in [7, 11) is 0. The Kier molecular flexibility index (Phi) is 7.82. The summed E-state index contributed by atoms with van der Waals surface area (Å²) in [5.41, 5.74) is -0.518. The molecule has 3 saturated heterocycles. The Morgan fingerprint density at radius 2 is 1.88 bits per heavy atom. The normalized spacial score (nSPS) is 35.4. The van der Waals surface area contributed by atoms with Gasteiger partial charge in [0.05, 0.1) is 29.8 Å². The molecule has 2 bridgehead atoms. The summed E-state index contributed by atoms with van der Waals surface area (Å²) in [4.78, 5) is 48.0. The quantitative estimate of drug-likeness (QED) is 0.337. The van der Waals surface area contributed by atoms with E-state index < -0.39 is 65.7 Å². The average molecular weight is 481 g/mol. The van der Waals surface area contributed by atoms with E-state index in [1.165, 1.54) is 19.9 Å². The zero-order valence-corrected chi connectivity index (χ0v) is 19.9. The zero-order valence-electron chi connectivity index (χ0n) is 19.9. The second-order valence-electron chi connectivity index (χ2n) is 9.27. The summed E-state index contributed by atoms with van der Waals surface area (Å²) < 4.78 is 28.0. The van der Waals surface area contributed by atoms with Crippen LogP contribution in [0.2, 0.25) is 0 Å². The maximum absolute atomic E-state index is 12.9. The minimum Gasteiger partial charge on any atom is -0.465 e. The predicted molar refractivity (Wildman–Crippen MR) is 116 cm³/mol. The summed E-state index contributed by atoms with van der Waals surface area (Å²) in [6, 6.07) is 0. The van der Waals surface area contributed by atoms with Gasteiger partial charge >= 0.3 is 23.9 Å². The van der Waals surface area contributed by atoms with Gasteiger partial charge < -0.3 is 28.8 Å². The summed E-state index contributed by atoms with van der Waals surface area (Å²) in [5.74, 6) is -3.74. The van der Waals surface area contributed by atoms with Crippen molar-refractivity contribution in [2.75, 3.05) is 13.2 Å². The molecule has 10 nitrogen and oxygen atoms in total. The molecular weight excluding hydrogens is 448 g/mol. The van der Waals surface area contributed by atoms with Gasteiger partial charge in [-0.2, -0.15) is 0 Å². The van der Waals surface area contributed by atoms with Gasteiger partial charge in [0.1, 0.15) is 24.9 Å². The third kappa shape index (κ3) is 5.50. The molecule has 0 aromatic heterocycles. The number of hydrogen-bond acceptors (Lipinski definition) is 10. The van der Waals surface area contributed by atoms with Gasteiger partial charge in [-0.15, -0.1) is 0 Å². The topological polar surface area (TPSA) is 135 Å². The van der Waals surface area contributed by atoms with E-state index in [0.29, 0.717) is 12.8 Å². The molecule has 0 unspecified atom stereocenters. The maximum atomic E-state index is 12.9. The lowest BCUT2D eigenvalue weighted by Gasteiger charge is -2.34. The van der Waals surface area contributed by atoms with Crippen LogP contribution in [0.4, 0.5) is 0 Å². The fourth-order valence-corrected chi connectivity index (χ4v) is 4.88. The number of carbonyl (C=O) groups excluding carboxylic acids is 4. The van der Waals surface area contributed by atoms with Crippen LogP contribution < -0.4 is 0 Å². The lowest BCUT2D eigenvalue weighted by Crippen LogP contribution is -2.47. The van der Waals surface area contributed by atoms with Crippen LogP contribution in [-0.4, -0.2) is 72.2 Å². The van der Waals surface area contributed by atoms with Gasteiger partial charge in [-0.1, -0.05) is 12.7 Å². The van der Waals surface area contributed by atoms with E-state index in [4.69, 9.17) is 23.7 Å². The molecule has 7 atom stereocenters. The molecule has 0 amide bonds. The SMILES string of the molecule is C=C1C(=O)O[C@@H]2[C@@H]3O[C@@](C)(CC[C@H](O)[C@@H]3COC(C)=O)C[C@H](OC(=O)/C(=C/C)COC(C)=O)[C@@H]12. The Morgan fingerprint density at radius 1 is 1.21 bits per heavy atom. The number of rotatable bonds is 6. The number of fused-ring (bicyclic) bond motifs is 4. The number of aliphatic hydroxyl groups excluding tert-OH is 1. The van der Waals surface area contributed by atoms with E-state index in [9.17, 15) is 24.3 Å². The average Bonchev–Trinajstić information content (AvgIpc) is 2.90. The van der Waals surface area contributed by atoms with Crippen LogP contribution in [0.3, 0.4) is 0 Å². The summed E-state index contributed by atoms with van der Waals surface area (Å²) in [6.45, 7) is 9.50. The van der Waals surface area contributed by atoms with Crippen molar-refractivity contribution in [3.63, 3.8) is 0 Å². The van der Waals surface area contributed by atoms with E-state index in [0.717, 1.165) is 0 Å². The second kappa shape index (κ2) is 10.3. The summed E-state index contributed by atoms with van der Waals surface area (Å²) in [5, 5.41) is 10.8. The fraction of sp³-hybridized carbons (Fsp3) is 0.667. The zero-order chi connectivity index (χ0) is 25.2. The van der Waals surface area contributed by atoms with Crippen LogP contribution in [0.5, 0.6) is 0 Å². The van der Waals surface area contributed by atoms with Gasteiger partial charge in [0.15, 0.2) is 0 Å². The minimum atomic E-state index is -0.893. The monoisotopic (exact) mass is 480 g/mol. The smallest absolute Gasteiger partial charge is 0.337 e. The first-order valence-corrected chi connectivity index (χ1v) is 11.3. The highest BCUT2D eigenvalue weighted by molar-refractivity contribution is 5.92. The highest BCUT2D eigenvalue weighted by atomic mass is 16.6. The van der Waals surface area contributed by atoms with Gasteiger partial charge in [0.25, 0.3) is 0 Å². The fourth-order valence-electron chi connectivity index (χ4n) is 4.88. The lowest BCUT2D eigenvalue weighted by molar-refractivity contribution is -0.173. The van der Waals surface area contributed by atoms with Gasteiger partial charge in [-0.25, -0.2) is 9.59 Å². The Balaban J connectivity index is 1.93. The van der Waals surface area contributed by atoms with Crippen LogP contribution in [0.25, 0.3) is 0 Å². The molecule has 3 fully saturated rings. The van der Waals surface area contributed by atoms with Crippen LogP contribution in [0.15, 0.2) is 23.8 Å². The number of hydrogen-bond donors (Lipinski definition) is 1. The summed E-state index contributed by atoms with van der Waals surface area (Å²) >= 11 is 0. The number of allylic oxidation sites excluding steroid dienone is 1. The Labute approximate surface area is 198 Å². The highest BCUT2D eigenvalue weighted by Crippen LogP contribution is 2.47. The molecule has 3 aliphatic rings. The van der Waals surface area contributed by atoms with E-state index in [2.05, 4.69) is 6.58 Å². The summed E-state index contributed by atoms with van der Waals surface area (Å²) in [6.07, 6.45) is -0.838. The number of carbonyl (C=O) groups is 4. The van der Waals surface area contributed by atoms with Crippen LogP contribution in [-0.2, 0) is 42.9 Å². The molecule has 34 heavy (non-hydrogen) atoms. The molecule has 0 radical (unpaired) electrons. The predicted octanol–water partition coefficient (Wildman–Crippen LogP) is 1.39. The standard InChI is InChI=1S/C24H32O10/c1-6-15(10-30-13(3)25)23(29)32-18-9-24(5)8-7-17(27)16(11-31-14(4)26)20(34-24)21-19(18)12(2)22(28)33-21/h6,16-21,27H,2,7-11H2,1,3-5H3/b15-6+/t16-,17-,18-,19+,20+,21-,24-/m0/s1. The largest absolute Gasteiger partial charge is 0.465 e. The van der Waals surface area contributed by atoms with Crippen molar-refractivity contribution in [3.8, 4) is 0 Å². The van der Waals surface area contributed by atoms with Crippen LogP contribution in [0, 0.1) is 11.8 Å². The minimum absolute atomic E-state index is 0.111. The third-order valence-corrected chi connectivity index (χ3v) is 6.70. The first kappa shape index (κ1) is 25.9. The molecule has 188 valence electrons. The molecule has 0 aliphatic carbocycles. The van der Waals surface area contributed by atoms with E-state index in [1.54, 1.807) is 6.92 Å². The Bertz CT molecular complexity index is 892. The van der Waals surface area contributed by atoms with Gasteiger partial charge in [0.2, 0.25) is 0 Å². The van der Waals surface area contributed by atoms with E-state index in [-0.39, 0.29) is 30.8 Å². The van der Waals surface area contributed by atoms with Crippen LogP contribution in [0.1, 0.15) is 47.0 Å². The first-order chi connectivity index (χ1) is 16.0. The third-order valence-electron chi connectivity index (χ3n) is 6.70. The van der Waals surface area contributed by atoms with Crippen molar-refractivity contribution in [2.24, 2.45) is 11.8 Å². The Morgan fingerprint density at radius 3 is 2.50 bits per heavy atom. The van der Waals surface area contributed by atoms with Gasteiger partial charge in [-0.05, 0) is 26.7 Å².